The zero-order valence-electron chi connectivity index (χ0n) is 10.4. The Labute approximate surface area is 110 Å². The highest BCUT2D eigenvalue weighted by Crippen LogP contribution is 2.12. The van der Waals surface area contributed by atoms with Gasteiger partial charge in [0.1, 0.15) is 11.6 Å². The van der Waals surface area contributed by atoms with Crippen molar-refractivity contribution >= 4 is 11.9 Å². The third-order valence-electron chi connectivity index (χ3n) is 2.70. The van der Waals surface area contributed by atoms with Crippen LogP contribution in [-0.4, -0.2) is 5.78 Å². The molecular formula is C16H12F2O. The molecule has 0 radical (unpaired) electrons. The average molecular weight is 258 g/mol. The fourth-order valence-corrected chi connectivity index (χ4v) is 1.63. The van der Waals surface area contributed by atoms with Crippen LogP contribution in [0.4, 0.5) is 8.78 Å². The molecule has 96 valence electrons. The number of aryl methyl sites for hydroxylation is 1. The van der Waals surface area contributed by atoms with Crippen molar-refractivity contribution in [3.8, 4) is 0 Å². The lowest BCUT2D eigenvalue weighted by molar-refractivity contribution is 0.104. The van der Waals surface area contributed by atoms with Gasteiger partial charge in [0.2, 0.25) is 0 Å². The lowest BCUT2D eigenvalue weighted by atomic mass is 10.1. The lowest BCUT2D eigenvalue weighted by Gasteiger charge is -1.99. The predicted octanol–water partition coefficient (Wildman–Crippen LogP) is 4.17. The Bertz CT molecular complexity index is 628. The highest BCUT2D eigenvalue weighted by Gasteiger charge is 2.09. The van der Waals surface area contributed by atoms with Crippen molar-refractivity contribution in [2.24, 2.45) is 0 Å². The van der Waals surface area contributed by atoms with E-state index in [9.17, 15) is 13.6 Å². The van der Waals surface area contributed by atoms with Crippen LogP contribution in [0.15, 0.2) is 48.5 Å². The Morgan fingerprint density at radius 1 is 1.05 bits per heavy atom. The van der Waals surface area contributed by atoms with E-state index in [1.807, 2.05) is 31.2 Å². The SMILES string of the molecule is Cc1ccc(/C=C/C(=O)c2ccc(F)cc2F)cc1. The molecular weight excluding hydrogens is 246 g/mol. The summed E-state index contributed by atoms with van der Waals surface area (Å²) < 4.78 is 26.1. The topological polar surface area (TPSA) is 17.1 Å². The van der Waals surface area contributed by atoms with Crippen LogP contribution in [-0.2, 0) is 0 Å². The van der Waals surface area contributed by atoms with E-state index in [0.717, 1.165) is 23.3 Å². The summed E-state index contributed by atoms with van der Waals surface area (Å²) in [4.78, 5) is 11.8. The maximum Gasteiger partial charge on any atom is 0.188 e. The minimum Gasteiger partial charge on any atom is -0.289 e. The van der Waals surface area contributed by atoms with Crippen LogP contribution < -0.4 is 0 Å². The van der Waals surface area contributed by atoms with Crippen LogP contribution in [0.2, 0.25) is 0 Å². The van der Waals surface area contributed by atoms with Gasteiger partial charge >= 0.3 is 0 Å². The quantitative estimate of drug-likeness (QED) is 0.596. The van der Waals surface area contributed by atoms with E-state index in [4.69, 9.17) is 0 Å². The molecule has 2 rings (SSSR count). The van der Waals surface area contributed by atoms with Crippen molar-refractivity contribution in [3.63, 3.8) is 0 Å². The minimum atomic E-state index is -0.849. The van der Waals surface area contributed by atoms with Gasteiger partial charge in [0, 0.05) is 6.07 Å². The first-order valence-electron chi connectivity index (χ1n) is 5.80. The highest BCUT2D eigenvalue weighted by atomic mass is 19.1. The summed E-state index contributed by atoms with van der Waals surface area (Å²) in [6, 6.07) is 10.5. The molecule has 0 aliphatic carbocycles. The van der Waals surface area contributed by atoms with Gasteiger partial charge in [-0.2, -0.15) is 0 Å². The molecule has 0 aliphatic heterocycles. The molecule has 0 spiro atoms. The zero-order valence-corrected chi connectivity index (χ0v) is 10.4. The van der Waals surface area contributed by atoms with Crippen LogP contribution in [0.3, 0.4) is 0 Å². The number of ketones is 1. The second-order valence-corrected chi connectivity index (χ2v) is 4.23. The van der Waals surface area contributed by atoms with Crippen LogP contribution >= 0.6 is 0 Å². The largest absolute Gasteiger partial charge is 0.289 e. The number of carbonyl (C=O) groups is 1. The molecule has 1 nitrogen and oxygen atoms in total. The Morgan fingerprint density at radius 2 is 1.74 bits per heavy atom. The van der Waals surface area contributed by atoms with Crippen LogP contribution in [0.1, 0.15) is 21.5 Å². The minimum absolute atomic E-state index is 0.134. The van der Waals surface area contributed by atoms with Gasteiger partial charge in [-0.3, -0.25) is 4.79 Å². The maximum absolute atomic E-state index is 13.4. The number of hydrogen-bond donors (Lipinski definition) is 0. The molecule has 0 saturated carbocycles. The van der Waals surface area contributed by atoms with Gasteiger partial charge in [0.15, 0.2) is 5.78 Å². The maximum atomic E-state index is 13.4. The molecule has 0 unspecified atom stereocenters. The summed E-state index contributed by atoms with van der Waals surface area (Å²) in [7, 11) is 0. The van der Waals surface area contributed by atoms with Crippen molar-refractivity contribution in [2.45, 2.75) is 6.92 Å². The fourth-order valence-electron chi connectivity index (χ4n) is 1.63. The van der Waals surface area contributed by atoms with Crippen LogP contribution in [0.25, 0.3) is 6.08 Å². The summed E-state index contributed by atoms with van der Waals surface area (Å²) in [6.07, 6.45) is 2.88. The third kappa shape index (κ3) is 3.35. The molecule has 0 atom stereocenters. The Morgan fingerprint density at radius 3 is 2.37 bits per heavy atom. The van der Waals surface area contributed by atoms with E-state index in [1.165, 1.54) is 6.08 Å². The lowest BCUT2D eigenvalue weighted by Crippen LogP contribution is -1.99. The summed E-state index contributed by atoms with van der Waals surface area (Å²) in [5, 5.41) is 0. The first-order valence-corrected chi connectivity index (χ1v) is 5.80. The Hall–Kier alpha value is -2.29. The number of rotatable bonds is 3. The fraction of sp³-hybridized carbons (Fsp3) is 0.0625. The monoisotopic (exact) mass is 258 g/mol. The van der Waals surface area contributed by atoms with E-state index in [1.54, 1.807) is 6.08 Å². The molecule has 3 heteroatoms. The van der Waals surface area contributed by atoms with Crippen LogP contribution in [0.5, 0.6) is 0 Å². The first-order chi connectivity index (χ1) is 9.06. The molecule has 19 heavy (non-hydrogen) atoms. The van der Waals surface area contributed by atoms with Gasteiger partial charge in [-0.15, -0.1) is 0 Å². The van der Waals surface area contributed by atoms with Gasteiger partial charge in [0.05, 0.1) is 5.56 Å². The summed E-state index contributed by atoms with van der Waals surface area (Å²) in [5.41, 5.74) is 1.83. The molecule has 0 fully saturated rings. The molecule has 0 bridgehead atoms. The summed E-state index contributed by atoms with van der Waals surface area (Å²) in [5.74, 6) is -2.03. The number of hydrogen-bond acceptors (Lipinski definition) is 1. The van der Waals surface area contributed by atoms with Crippen LogP contribution in [0, 0.1) is 18.6 Å². The molecule has 0 N–H and O–H groups in total. The van der Waals surface area contributed by atoms with Crippen molar-refractivity contribution in [1.82, 2.24) is 0 Å². The van der Waals surface area contributed by atoms with Gasteiger partial charge in [-0.1, -0.05) is 35.9 Å². The average Bonchev–Trinajstić information content (AvgIpc) is 2.37. The van der Waals surface area contributed by atoms with Crippen molar-refractivity contribution < 1.29 is 13.6 Å². The summed E-state index contributed by atoms with van der Waals surface area (Å²) >= 11 is 0. The molecule has 2 aromatic rings. The van der Waals surface area contributed by atoms with Gasteiger partial charge in [-0.05, 0) is 30.7 Å². The first kappa shape index (κ1) is 13.1. The van der Waals surface area contributed by atoms with Crippen molar-refractivity contribution in [2.75, 3.05) is 0 Å². The molecule has 0 amide bonds. The predicted molar refractivity (Wildman–Crippen MR) is 70.9 cm³/mol. The number of benzene rings is 2. The second-order valence-electron chi connectivity index (χ2n) is 4.23. The van der Waals surface area contributed by atoms with E-state index >= 15 is 0 Å². The Balaban J connectivity index is 2.18. The third-order valence-corrected chi connectivity index (χ3v) is 2.70. The normalized spacial score (nSPS) is 10.9. The van der Waals surface area contributed by atoms with Gasteiger partial charge in [0.25, 0.3) is 0 Å². The highest BCUT2D eigenvalue weighted by molar-refractivity contribution is 6.06. The standard InChI is InChI=1S/C16H12F2O/c1-11-2-4-12(5-3-11)6-9-16(19)14-8-7-13(17)10-15(14)18/h2-10H,1H3/b9-6+. The van der Waals surface area contributed by atoms with E-state index in [0.29, 0.717) is 6.07 Å². The molecule has 0 aliphatic rings. The second kappa shape index (κ2) is 5.57. The smallest absolute Gasteiger partial charge is 0.188 e. The van der Waals surface area contributed by atoms with Crippen molar-refractivity contribution in [3.05, 3.63) is 76.9 Å². The van der Waals surface area contributed by atoms with Gasteiger partial charge in [-0.25, -0.2) is 8.78 Å². The van der Waals surface area contributed by atoms with Gasteiger partial charge < -0.3 is 0 Å². The number of halogens is 2. The van der Waals surface area contributed by atoms with E-state index in [-0.39, 0.29) is 5.56 Å². The molecule has 0 saturated heterocycles. The Kier molecular flexibility index (Phi) is 3.85. The van der Waals surface area contributed by atoms with E-state index in [2.05, 4.69) is 0 Å². The van der Waals surface area contributed by atoms with E-state index < -0.39 is 17.4 Å². The molecule has 0 aromatic heterocycles. The molecule has 2 aromatic carbocycles. The number of carbonyl (C=O) groups excluding carboxylic acids is 1. The number of allylic oxidation sites excluding steroid dienone is 1. The summed E-state index contributed by atoms with van der Waals surface area (Å²) in [6.45, 7) is 1.96. The molecule has 0 heterocycles. The zero-order chi connectivity index (χ0) is 13.8. The van der Waals surface area contributed by atoms with Crippen molar-refractivity contribution in [1.29, 1.82) is 0 Å².